The van der Waals surface area contributed by atoms with Gasteiger partial charge in [0.15, 0.2) is 0 Å². The number of urea groups is 1. The summed E-state index contributed by atoms with van der Waals surface area (Å²) < 4.78 is 5.24. The number of methoxy groups -OCH3 is 1. The van der Waals surface area contributed by atoms with Crippen molar-refractivity contribution < 1.29 is 14.3 Å². The van der Waals surface area contributed by atoms with Gasteiger partial charge in [0.05, 0.1) is 43.7 Å². The third-order valence-corrected chi connectivity index (χ3v) is 6.54. The van der Waals surface area contributed by atoms with Crippen LogP contribution in [0.15, 0.2) is 36.8 Å². The number of rotatable bonds is 5. The van der Waals surface area contributed by atoms with Gasteiger partial charge >= 0.3 is 6.03 Å². The summed E-state index contributed by atoms with van der Waals surface area (Å²) in [4.78, 5) is 38.3. The maximum atomic E-state index is 13.4. The third-order valence-electron chi connectivity index (χ3n) is 5.20. The zero-order valence-electron chi connectivity index (χ0n) is 17.3. The lowest BCUT2D eigenvalue weighted by Crippen LogP contribution is -2.62. The molecule has 0 N–H and O–H groups in total. The summed E-state index contributed by atoms with van der Waals surface area (Å²) in [6.45, 7) is 2.00. The Balaban J connectivity index is 1.76. The molecule has 1 fully saturated rings. The minimum Gasteiger partial charge on any atom is -0.495 e. The first-order valence-electron chi connectivity index (χ1n) is 9.74. The van der Waals surface area contributed by atoms with Gasteiger partial charge in [-0.05, 0) is 30.7 Å². The van der Waals surface area contributed by atoms with E-state index in [9.17, 15) is 14.9 Å². The number of fused-ring (bicyclic) bond motifs is 1. The highest BCUT2D eigenvalue weighted by atomic mass is 32.2. The van der Waals surface area contributed by atoms with Crippen LogP contribution in [0.25, 0.3) is 4.91 Å². The second-order valence-corrected chi connectivity index (χ2v) is 8.40. The summed E-state index contributed by atoms with van der Waals surface area (Å²) in [5.74, 6) is 0.109. The largest absolute Gasteiger partial charge is 0.495 e. The summed E-state index contributed by atoms with van der Waals surface area (Å²) in [6, 6.07) is 6.49. The number of ether oxygens (including phenoxy) is 1. The monoisotopic (exact) mass is 446 g/mol. The molecular weight excluding hydrogens is 428 g/mol. The molecule has 2 aliphatic heterocycles. The lowest BCUT2D eigenvalue weighted by molar-refractivity contribution is -0.119. The highest BCUT2D eigenvalue weighted by molar-refractivity contribution is 8.09. The minimum atomic E-state index is -0.625. The number of thioether (sulfide) groups is 1. The number of carbonyl (C=O) groups is 2. The van der Waals surface area contributed by atoms with Gasteiger partial charge in [0.25, 0.3) is 5.91 Å². The van der Waals surface area contributed by atoms with Gasteiger partial charge in [-0.2, -0.15) is 10.5 Å². The molecule has 2 atom stereocenters. The first kappa shape index (κ1) is 21.3. The van der Waals surface area contributed by atoms with Crippen molar-refractivity contribution in [2.75, 3.05) is 18.6 Å². The summed E-state index contributed by atoms with van der Waals surface area (Å²) in [5.41, 5.74) is 1.93. The Labute approximate surface area is 188 Å². The van der Waals surface area contributed by atoms with Crippen molar-refractivity contribution in [2.24, 2.45) is 0 Å². The van der Waals surface area contributed by atoms with Crippen LogP contribution in [0, 0.1) is 29.6 Å². The van der Waals surface area contributed by atoms with Crippen LogP contribution in [-0.2, 0) is 4.79 Å². The SMILES string of the molecule is COc1cnc(C#N)c(C2=CC3C(S2)C(=O)N(c2cncc(C)c2)C(=O)N3CCC#N)c1. The number of hydrogen-bond acceptors (Lipinski definition) is 8. The molecule has 2 aromatic rings. The normalized spacial score (nSPS) is 19.8. The fourth-order valence-electron chi connectivity index (χ4n) is 3.72. The van der Waals surface area contributed by atoms with E-state index in [2.05, 4.69) is 22.1 Å². The van der Waals surface area contributed by atoms with Crippen LogP contribution in [0.5, 0.6) is 5.75 Å². The van der Waals surface area contributed by atoms with Crippen LogP contribution in [0.3, 0.4) is 0 Å². The van der Waals surface area contributed by atoms with E-state index in [-0.39, 0.29) is 24.6 Å². The molecule has 2 aliphatic rings. The van der Waals surface area contributed by atoms with E-state index < -0.39 is 17.3 Å². The van der Waals surface area contributed by atoms with Gasteiger partial charge in [0.2, 0.25) is 0 Å². The van der Waals surface area contributed by atoms with Gasteiger partial charge in [-0.15, -0.1) is 11.8 Å². The molecule has 0 aromatic carbocycles. The number of aromatic nitrogens is 2. The molecule has 0 aliphatic carbocycles. The number of carbonyl (C=O) groups excluding carboxylic acids is 2. The van der Waals surface area contributed by atoms with Crippen molar-refractivity contribution in [2.45, 2.75) is 24.6 Å². The van der Waals surface area contributed by atoms with Gasteiger partial charge in [-0.25, -0.2) is 14.7 Å². The van der Waals surface area contributed by atoms with Crippen molar-refractivity contribution in [3.8, 4) is 17.9 Å². The summed E-state index contributed by atoms with van der Waals surface area (Å²) in [5, 5.41) is 18.0. The van der Waals surface area contributed by atoms with Crippen molar-refractivity contribution in [3.05, 3.63) is 53.6 Å². The molecule has 0 spiro atoms. The Hall–Kier alpha value is -3.89. The molecule has 10 heteroatoms. The van der Waals surface area contributed by atoms with Gasteiger partial charge in [-0.1, -0.05) is 0 Å². The molecule has 1 saturated heterocycles. The highest BCUT2D eigenvalue weighted by Crippen LogP contribution is 2.46. The molecule has 0 saturated carbocycles. The summed E-state index contributed by atoms with van der Waals surface area (Å²) in [6.07, 6.45) is 6.49. The number of pyridine rings is 2. The topological polar surface area (TPSA) is 123 Å². The molecule has 4 rings (SSSR count). The number of hydrogen-bond donors (Lipinski definition) is 0. The molecule has 4 heterocycles. The zero-order chi connectivity index (χ0) is 22.8. The zero-order valence-corrected chi connectivity index (χ0v) is 18.2. The molecule has 32 heavy (non-hydrogen) atoms. The Bertz CT molecular complexity index is 1210. The van der Waals surface area contributed by atoms with Crippen molar-refractivity contribution in [1.82, 2.24) is 14.9 Å². The van der Waals surface area contributed by atoms with Crippen LogP contribution in [-0.4, -0.2) is 51.8 Å². The predicted molar refractivity (Wildman–Crippen MR) is 117 cm³/mol. The number of nitrogens with zero attached hydrogens (tertiary/aromatic N) is 6. The number of amides is 3. The van der Waals surface area contributed by atoms with Gasteiger partial charge in [0.1, 0.15) is 22.8 Å². The molecule has 160 valence electrons. The second-order valence-electron chi connectivity index (χ2n) is 7.22. The molecule has 0 bridgehead atoms. The average molecular weight is 446 g/mol. The molecule has 2 unspecified atom stereocenters. The van der Waals surface area contributed by atoms with Gasteiger partial charge in [0, 0.05) is 23.2 Å². The minimum absolute atomic E-state index is 0.126. The third kappa shape index (κ3) is 3.66. The molecule has 2 aromatic heterocycles. The standard InChI is InChI=1S/C22H18N6O3S/c1-13-6-14(11-25-10-13)28-21(29)20-18(27(22(28)30)5-3-4-23)8-19(32-20)16-7-15(31-2)12-26-17(16)9-24/h6-8,10-12,18,20H,3,5H2,1-2H3. The van der Waals surface area contributed by atoms with Crippen LogP contribution in [0.1, 0.15) is 23.2 Å². The second kappa shape index (κ2) is 8.69. The molecule has 9 nitrogen and oxygen atoms in total. The molecular formula is C22H18N6O3S. The Morgan fingerprint density at radius 1 is 1.22 bits per heavy atom. The van der Waals surface area contributed by atoms with Gasteiger partial charge in [-0.3, -0.25) is 9.78 Å². The van der Waals surface area contributed by atoms with Crippen molar-refractivity contribution >= 4 is 34.3 Å². The van der Waals surface area contributed by atoms with Crippen LogP contribution in [0.4, 0.5) is 10.5 Å². The Kier molecular flexibility index (Phi) is 5.80. The van der Waals surface area contributed by atoms with Crippen molar-refractivity contribution in [3.63, 3.8) is 0 Å². The number of nitriles is 2. The summed E-state index contributed by atoms with van der Waals surface area (Å²) >= 11 is 1.27. The maximum absolute atomic E-state index is 13.4. The average Bonchev–Trinajstić information content (AvgIpc) is 3.24. The molecule has 0 radical (unpaired) electrons. The van der Waals surface area contributed by atoms with Crippen LogP contribution < -0.4 is 9.64 Å². The lowest BCUT2D eigenvalue weighted by atomic mass is 10.0. The Morgan fingerprint density at radius 2 is 2.03 bits per heavy atom. The fourth-order valence-corrected chi connectivity index (χ4v) is 5.06. The van der Waals surface area contributed by atoms with E-state index in [4.69, 9.17) is 10.00 Å². The first-order valence-corrected chi connectivity index (χ1v) is 10.6. The van der Waals surface area contributed by atoms with E-state index in [1.807, 2.05) is 6.92 Å². The molecule has 3 amide bonds. The number of anilines is 1. The quantitative estimate of drug-likeness (QED) is 0.687. The van der Waals surface area contributed by atoms with E-state index in [0.717, 1.165) is 10.5 Å². The van der Waals surface area contributed by atoms with E-state index in [1.54, 1.807) is 24.4 Å². The predicted octanol–water partition coefficient (Wildman–Crippen LogP) is 2.87. The summed E-state index contributed by atoms with van der Waals surface area (Å²) in [7, 11) is 1.50. The van der Waals surface area contributed by atoms with E-state index >= 15 is 0 Å². The van der Waals surface area contributed by atoms with Crippen LogP contribution >= 0.6 is 11.8 Å². The maximum Gasteiger partial charge on any atom is 0.332 e. The van der Waals surface area contributed by atoms with E-state index in [0.29, 0.717) is 21.9 Å². The lowest BCUT2D eigenvalue weighted by Gasteiger charge is -2.40. The van der Waals surface area contributed by atoms with Crippen molar-refractivity contribution in [1.29, 1.82) is 10.5 Å². The highest BCUT2D eigenvalue weighted by Gasteiger charge is 2.49. The van der Waals surface area contributed by atoms with Crippen LogP contribution in [0.2, 0.25) is 0 Å². The number of imide groups is 1. The number of aryl methyl sites for hydroxylation is 1. The fraction of sp³-hybridized carbons (Fsp3) is 0.273. The van der Waals surface area contributed by atoms with Gasteiger partial charge < -0.3 is 9.64 Å². The smallest absolute Gasteiger partial charge is 0.332 e. The first-order chi connectivity index (χ1) is 15.5. The Morgan fingerprint density at radius 3 is 2.72 bits per heavy atom. The van der Waals surface area contributed by atoms with E-state index in [1.165, 1.54) is 36.2 Å².